The predicted molar refractivity (Wildman–Crippen MR) is 110 cm³/mol. The zero-order chi connectivity index (χ0) is 19.2. The number of fused-ring (bicyclic) bond motifs is 1. The van der Waals surface area contributed by atoms with E-state index in [4.69, 9.17) is 4.74 Å². The molecule has 2 nitrogen and oxygen atoms in total. The first kappa shape index (κ1) is 19.4. The van der Waals surface area contributed by atoms with Crippen molar-refractivity contribution in [2.45, 2.75) is 39.2 Å². The minimum absolute atomic E-state index is 0.149. The number of hydrogen-bond donors (Lipinski definition) is 1. The van der Waals surface area contributed by atoms with Gasteiger partial charge in [0.05, 0.1) is 7.11 Å². The molecule has 1 aliphatic rings. The second kappa shape index (κ2) is 9.01. The lowest BCUT2D eigenvalue weighted by molar-refractivity contribution is 0.411. The van der Waals surface area contributed by atoms with Gasteiger partial charge in [-0.1, -0.05) is 55.0 Å². The third-order valence-corrected chi connectivity index (χ3v) is 5.28. The monoisotopic (exact) mass is 365 g/mol. The van der Waals surface area contributed by atoms with Crippen molar-refractivity contribution in [3.05, 3.63) is 82.7 Å². The SMILES string of the molecule is CCC1=CC=C(CCNC(C)c2ccccc2)c2c(OC)ccc(F)c2C1. The van der Waals surface area contributed by atoms with Crippen molar-refractivity contribution < 1.29 is 9.13 Å². The minimum Gasteiger partial charge on any atom is -0.496 e. The topological polar surface area (TPSA) is 21.3 Å². The van der Waals surface area contributed by atoms with Gasteiger partial charge in [0.1, 0.15) is 11.6 Å². The number of methoxy groups -OCH3 is 1. The number of hydrogen-bond acceptors (Lipinski definition) is 2. The summed E-state index contributed by atoms with van der Waals surface area (Å²) in [6, 6.07) is 13.9. The molecule has 3 rings (SSSR count). The van der Waals surface area contributed by atoms with Crippen LogP contribution >= 0.6 is 0 Å². The van der Waals surface area contributed by atoms with Crippen molar-refractivity contribution in [2.24, 2.45) is 0 Å². The molecular weight excluding hydrogens is 337 g/mol. The van der Waals surface area contributed by atoms with E-state index in [-0.39, 0.29) is 11.9 Å². The summed E-state index contributed by atoms with van der Waals surface area (Å²) < 4.78 is 20.2. The number of ether oxygens (including phenoxy) is 1. The van der Waals surface area contributed by atoms with Gasteiger partial charge in [-0.2, -0.15) is 0 Å². The van der Waals surface area contributed by atoms with Gasteiger partial charge in [-0.25, -0.2) is 4.39 Å². The van der Waals surface area contributed by atoms with Gasteiger partial charge in [0.15, 0.2) is 0 Å². The van der Waals surface area contributed by atoms with Gasteiger partial charge in [0.25, 0.3) is 0 Å². The van der Waals surface area contributed by atoms with Crippen LogP contribution in [0.1, 0.15) is 49.4 Å². The molecule has 1 N–H and O–H groups in total. The Hall–Kier alpha value is -2.39. The van der Waals surface area contributed by atoms with Crippen LogP contribution in [0.2, 0.25) is 0 Å². The van der Waals surface area contributed by atoms with Crippen LogP contribution in [0.4, 0.5) is 4.39 Å². The second-order valence-electron chi connectivity index (χ2n) is 6.99. The van der Waals surface area contributed by atoms with E-state index in [1.807, 2.05) is 6.07 Å². The maximum absolute atomic E-state index is 14.6. The highest BCUT2D eigenvalue weighted by molar-refractivity contribution is 5.76. The van der Waals surface area contributed by atoms with Crippen molar-refractivity contribution in [1.29, 1.82) is 0 Å². The van der Waals surface area contributed by atoms with Crippen LogP contribution in [0.25, 0.3) is 5.57 Å². The molecule has 0 fully saturated rings. The first-order chi connectivity index (χ1) is 13.1. The molecule has 0 saturated heterocycles. The molecule has 0 amide bonds. The Morgan fingerprint density at radius 2 is 1.89 bits per heavy atom. The number of nitrogens with one attached hydrogen (secondary N) is 1. The van der Waals surface area contributed by atoms with Crippen LogP contribution in [0.5, 0.6) is 5.75 Å². The van der Waals surface area contributed by atoms with Crippen molar-refractivity contribution in [3.63, 3.8) is 0 Å². The summed E-state index contributed by atoms with van der Waals surface area (Å²) in [7, 11) is 1.65. The standard InChI is InChI=1S/C24H28FNO/c1-4-18-10-11-20(14-15-26-17(2)19-8-6-5-7-9-19)24-21(16-18)22(25)12-13-23(24)27-3/h5-13,17,26H,4,14-16H2,1-3H3. The molecule has 1 aliphatic carbocycles. The zero-order valence-corrected chi connectivity index (χ0v) is 16.4. The first-order valence-corrected chi connectivity index (χ1v) is 9.66. The highest BCUT2D eigenvalue weighted by atomic mass is 19.1. The first-order valence-electron chi connectivity index (χ1n) is 9.66. The van der Waals surface area contributed by atoms with Crippen LogP contribution in [-0.4, -0.2) is 13.7 Å². The fraction of sp³-hybridized carbons (Fsp3) is 0.333. The molecule has 0 saturated carbocycles. The van der Waals surface area contributed by atoms with E-state index in [1.165, 1.54) is 17.2 Å². The largest absolute Gasteiger partial charge is 0.496 e. The highest BCUT2D eigenvalue weighted by Crippen LogP contribution is 2.37. The summed E-state index contributed by atoms with van der Waals surface area (Å²) in [5.74, 6) is 0.600. The Bertz CT molecular complexity index is 839. The normalized spacial score (nSPS) is 14.7. The lowest BCUT2D eigenvalue weighted by Crippen LogP contribution is -2.20. The van der Waals surface area contributed by atoms with E-state index in [9.17, 15) is 4.39 Å². The van der Waals surface area contributed by atoms with Crippen molar-refractivity contribution >= 4 is 5.57 Å². The van der Waals surface area contributed by atoms with Crippen LogP contribution in [0, 0.1) is 5.82 Å². The van der Waals surface area contributed by atoms with E-state index in [0.717, 1.165) is 41.8 Å². The fourth-order valence-electron chi connectivity index (χ4n) is 3.62. The van der Waals surface area contributed by atoms with Gasteiger partial charge in [-0.05, 0) is 56.0 Å². The average molecular weight is 365 g/mol. The summed E-state index contributed by atoms with van der Waals surface area (Å²) in [6.07, 6.45) is 6.67. The van der Waals surface area contributed by atoms with Gasteiger partial charge in [0, 0.05) is 17.2 Å². The minimum atomic E-state index is -0.149. The zero-order valence-electron chi connectivity index (χ0n) is 16.4. The lowest BCUT2D eigenvalue weighted by Gasteiger charge is -2.18. The molecule has 0 bridgehead atoms. The number of allylic oxidation sites excluding steroid dienone is 3. The maximum Gasteiger partial charge on any atom is 0.127 e. The van der Waals surface area contributed by atoms with E-state index in [2.05, 4.69) is 55.6 Å². The molecular formula is C24H28FNO. The van der Waals surface area contributed by atoms with Crippen molar-refractivity contribution in [2.75, 3.05) is 13.7 Å². The van der Waals surface area contributed by atoms with Gasteiger partial charge in [-0.15, -0.1) is 0 Å². The molecule has 1 atom stereocenters. The molecule has 0 heterocycles. The van der Waals surface area contributed by atoms with E-state index >= 15 is 0 Å². The molecule has 3 heteroatoms. The molecule has 2 aromatic carbocycles. The van der Waals surface area contributed by atoms with E-state index < -0.39 is 0 Å². The van der Waals surface area contributed by atoms with Crippen molar-refractivity contribution in [1.82, 2.24) is 5.32 Å². The third kappa shape index (κ3) is 4.48. The van der Waals surface area contributed by atoms with Crippen LogP contribution < -0.4 is 10.1 Å². The average Bonchev–Trinajstić information content (AvgIpc) is 2.89. The van der Waals surface area contributed by atoms with Crippen molar-refractivity contribution in [3.8, 4) is 5.75 Å². The quantitative estimate of drug-likeness (QED) is 0.664. The van der Waals surface area contributed by atoms with Crippen LogP contribution in [-0.2, 0) is 6.42 Å². The van der Waals surface area contributed by atoms with Gasteiger partial charge < -0.3 is 10.1 Å². The Morgan fingerprint density at radius 1 is 1.11 bits per heavy atom. The second-order valence-corrected chi connectivity index (χ2v) is 6.99. The smallest absolute Gasteiger partial charge is 0.127 e. The number of benzene rings is 2. The lowest BCUT2D eigenvalue weighted by atomic mass is 9.93. The molecule has 1 unspecified atom stereocenters. The summed E-state index contributed by atoms with van der Waals surface area (Å²) in [5.41, 5.74) is 5.31. The highest BCUT2D eigenvalue weighted by Gasteiger charge is 2.20. The molecule has 2 aromatic rings. The summed E-state index contributed by atoms with van der Waals surface area (Å²) in [5, 5.41) is 3.58. The van der Waals surface area contributed by atoms with Crippen LogP contribution in [0.15, 0.2) is 60.2 Å². The Morgan fingerprint density at radius 3 is 2.59 bits per heavy atom. The Kier molecular flexibility index (Phi) is 6.46. The summed E-state index contributed by atoms with van der Waals surface area (Å²) in [6.45, 7) is 5.10. The summed E-state index contributed by atoms with van der Waals surface area (Å²) >= 11 is 0. The Labute approximate surface area is 161 Å². The van der Waals surface area contributed by atoms with E-state index in [1.54, 1.807) is 13.2 Å². The maximum atomic E-state index is 14.6. The van der Waals surface area contributed by atoms with Gasteiger partial charge >= 0.3 is 0 Å². The molecule has 0 radical (unpaired) electrons. The third-order valence-electron chi connectivity index (χ3n) is 5.28. The molecule has 142 valence electrons. The van der Waals surface area contributed by atoms with E-state index in [0.29, 0.717) is 6.42 Å². The molecule has 27 heavy (non-hydrogen) atoms. The number of halogens is 1. The van der Waals surface area contributed by atoms with Gasteiger partial charge in [-0.3, -0.25) is 0 Å². The van der Waals surface area contributed by atoms with Gasteiger partial charge in [0.2, 0.25) is 0 Å². The fourth-order valence-corrected chi connectivity index (χ4v) is 3.62. The van der Waals surface area contributed by atoms with Crippen LogP contribution in [0.3, 0.4) is 0 Å². The predicted octanol–water partition coefficient (Wildman–Crippen LogP) is 5.85. The molecule has 0 aromatic heterocycles. The number of rotatable bonds is 7. The summed E-state index contributed by atoms with van der Waals surface area (Å²) in [4.78, 5) is 0. The molecule has 0 aliphatic heterocycles. The molecule has 0 spiro atoms. The Balaban J connectivity index is 1.81.